The number of ketones is 1. The van der Waals surface area contributed by atoms with E-state index in [-0.39, 0.29) is 57.2 Å². The Morgan fingerprint density at radius 1 is 0.667 bits per heavy atom. The van der Waals surface area contributed by atoms with Gasteiger partial charge in [-0.3, -0.25) is 4.79 Å². The minimum Gasteiger partial charge on any atom is -0.289 e. The molecule has 15 heavy (non-hydrogen) atoms. The molecule has 0 N–H and O–H groups in total. The van der Waals surface area contributed by atoms with Gasteiger partial charge in [-0.2, -0.15) is 0 Å². The molecule has 0 amide bonds. The van der Waals surface area contributed by atoms with Crippen molar-refractivity contribution >= 4 is 57.2 Å². The standard InChI is InChI=1S/C13H10O.K/c14-13(11-7-3-1-4-8-11)12-9-5-2-6-10-12;/h1-10H;. The Labute approximate surface area is 132 Å². The van der Waals surface area contributed by atoms with E-state index < -0.39 is 0 Å². The zero-order chi connectivity index (χ0) is 9.80. The SMILES string of the molecule is O=C(c1ccccc1)c1ccccc1.[K]. The van der Waals surface area contributed by atoms with Gasteiger partial charge in [0, 0.05) is 62.5 Å². The van der Waals surface area contributed by atoms with Gasteiger partial charge < -0.3 is 0 Å². The average molecular weight is 221 g/mol. The van der Waals surface area contributed by atoms with Crippen LogP contribution in [-0.2, 0) is 0 Å². The van der Waals surface area contributed by atoms with E-state index in [2.05, 4.69) is 0 Å². The molecule has 1 nitrogen and oxygen atoms in total. The number of hydrogen-bond donors (Lipinski definition) is 0. The van der Waals surface area contributed by atoms with Crippen molar-refractivity contribution in [2.24, 2.45) is 0 Å². The number of hydrogen-bond acceptors (Lipinski definition) is 1. The van der Waals surface area contributed by atoms with Crippen molar-refractivity contribution in [3.05, 3.63) is 71.8 Å². The Hall–Kier alpha value is -0.254. The van der Waals surface area contributed by atoms with Gasteiger partial charge in [-0.25, -0.2) is 0 Å². The van der Waals surface area contributed by atoms with Crippen molar-refractivity contribution in [3.63, 3.8) is 0 Å². The largest absolute Gasteiger partial charge is 0.289 e. The molecule has 2 heteroatoms. The molecular weight excluding hydrogens is 211 g/mol. The number of carbonyl (C=O) groups is 1. The van der Waals surface area contributed by atoms with Gasteiger partial charge in [0.25, 0.3) is 0 Å². The molecule has 0 fully saturated rings. The van der Waals surface area contributed by atoms with Crippen LogP contribution in [0.2, 0.25) is 0 Å². The predicted octanol–water partition coefficient (Wildman–Crippen LogP) is 2.54. The first kappa shape index (κ1) is 12.8. The van der Waals surface area contributed by atoms with Crippen molar-refractivity contribution in [2.45, 2.75) is 0 Å². The molecule has 2 aromatic rings. The van der Waals surface area contributed by atoms with Crippen LogP contribution in [0.25, 0.3) is 0 Å². The van der Waals surface area contributed by atoms with Crippen LogP contribution in [0, 0.1) is 0 Å². The summed E-state index contributed by atoms with van der Waals surface area (Å²) in [6.07, 6.45) is 0. The fourth-order valence-corrected chi connectivity index (χ4v) is 1.35. The van der Waals surface area contributed by atoms with Crippen LogP contribution in [-0.4, -0.2) is 57.2 Å². The predicted molar refractivity (Wildman–Crippen MR) is 62.1 cm³/mol. The Bertz CT molecular complexity index is 381. The summed E-state index contributed by atoms with van der Waals surface area (Å²) in [4.78, 5) is 11.8. The summed E-state index contributed by atoms with van der Waals surface area (Å²) in [5, 5.41) is 0. The molecule has 0 atom stereocenters. The first-order valence-corrected chi connectivity index (χ1v) is 4.53. The van der Waals surface area contributed by atoms with Gasteiger partial charge in [-0.1, -0.05) is 60.7 Å². The quantitative estimate of drug-likeness (QED) is 0.562. The van der Waals surface area contributed by atoms with Gasteiger partial charge >= 0.3 is 0 Å². The molecule has 0 spiro atoms. The number of benzene rings is 2. The molecule has 0 unspecified atom stereocenters. The summed E-state index contributed by atoms with van der Waals surface area (Å²) in [7, 11) is 0. The smallest absolute Gasteiger partial charge is 0.193 e. The fraction of sp³-hybridized carbons (Fsp3) is 0. The normalized spacial score (nSPS) is 9.07. The molecule has 0 heterocycles. The van der Waals surface area contributed by atoms with Crippen molar-refractivity contribution < 1.29 is 4.79 Å². The van der Waals surface area contributed by atoms with Gasteiger partial charge in [-0.15, -0.1) is 0 Å². The fourth-order valence-electron chi connectivity index (χ4n) is 1.35. The number of carbonyl (C=O) groups excluding carboxylic acids is 1. The minimum atomic E-state index is 0. The number of rotatable bonds is 2. The summed E-state index contributed by atoms with van der Waals surface area (Å²) < 4.78 is 0. The molecule has 2 rings (SSSR count). The second-order valence-corrected chi connectivity index (χ2v) is 3.06. The van der Waals surface area contributed by atoms with E-state index >= 15 is 0 Å². The van der Waals surface area contributed by atoms with E-state index in [0.29, 0.717) is 0 Å². The van der Waals surface area contributed by atoms with Crippen LogP contribution in [0.4, 0.5) is 0 Å². The van der Waals surface area contributed by atoms with Crippen LogP contribution in [0.3, 0.4) is 0 Å². The molecule has 0 aliphatic heterocycles. The Kier molecular flexibility index (Phi) is 5.43. The molecule has 0 saturated heterocycles. The Morgan fingerprint density at radius 3 is 1.33 bits per heavy atom. The molecular formula is C13H10KO. The van der Waals surface area contributed by atoms with Gasteiger partial charge in [0.15, 0.2) is 5.78 Å². The molecule has 69 valence electrons. The average Bonchev–Trinajstić information content (AvgIpc) is 2.30. The van der Waals surface area contributed by atoms with Gasteiger partial charge in [0.05, 0.1) is 0 Å². The van der Waals surface area contributed by atoms with Crippen molar-refractivity contribution in [1.82, 2.24) is 0 Å². The monoisotopic (exact) mass is 221 g/mol. The van der Waals surface area contributed by atoms with Crippen LogP contribution in [0.1, 0.15) is 15.9 Å². The molecule has 0 aliphatic carbocycles. The minimum absolute atomic E-state index is 0. The Morgan fingerprint density at radius 2 is 1.00 bits per heavy atom. The van der Waals surface area contributed by atoms with Crippen molar-refractivity contribution in [2.75, 3.05) is 0 Å². The maximum atomic E-state index is 11.8. The van der Waals surface area contributed by atoms with Crippen LogP contribution >= 0.6 is 0 Å². The summed E-state index contributed by atoms with van der Waals surface area (Å²) in [5.74, 6) is 0.0752. The van der Waals surface area contributed by atoms with Gasteiger partial charge in [-0.05, 0) is 0 Å². The topological polar surface area (TPSA) is 17.1 Å². The van der Waals surface area contributed by atoms with Crippen LogP contribution in [0.5, 0.6) is 0 Å². The van der Waals surface area contributed by atoms with E-state index in [1.54, 1.807) is 0 Å². The van der Waals surface area contributed by atoms with E-state index in [4.69, 9.17) is 0 Å². The van der Waals surface area contributed by atoms with Crippen LogP contribution < -0.4 is 0 Å². The molecule has 0 bridgehead atoms. The summed E-state index contributed by atoms with van der Waals surface area (Å²) in [6, 6.07) is 18.6. The summed E-state index contributed by atoms with van der Waals surface area (Å²) in [6.45, 7) is 0. The molecule has 0 aromatic heterocycles. The second kappa shape index (κ2) is 6.36. The molecule has 1 radical (unpaired) electrons. The van der Waals surface area contributed by atoms with Crippen molar-refractivity contribution in [1.29, 1.82) is 0 Å². The van der Waals surface area contributed by atoms with E-state index in [0.717, 1.165) is 11.1 Å². The summed E-state index contributed by atoms with van der Waals surface area (Å²) >= 11 is 0. The van der Waals surface area contributed by atoms with E-state index in [9.17, 15) is 4.79 Å². The third kappa shape index (κ3) is 3.36. The zero-order valence-corrected chi connectivity index (χ0v) is 11.8. The molecule has 2 aromatic carbocycles. The third-order valence-electron chi connectivity index (χ3n) is 2.07. The van der Waals surface area contributed by atoms with Crippen LogP contribution in [0.15, 0.2) is 60.7 Å². The zero-order valence-electron chi connectivity index (χ0n) is 8.68. The third-order valence-corrected chi connectivity index (χ3v) is 2.07. The Balaban J connectivity index is 0.00000112. The maximum absolute atomic E-state index is 11.8. The summed E-state index contributed by atoms with van der Waals surface area (Å²) in [5.41, 5.74) is 1.47. The van der Waals surface area contributed by atoms with Crippen molar-refractivity contribution in [3.8, 4) is 0 Å². The first-order chi connectivity index (χ1) is 6.88. The van der Waals surface area contributed by atoms with Gasteiger partial charge in [0.2, 0.25) is 0 Å². The second-order valence-electron chi connectivity index (χ2n) is 3.06. The van der Waals surface area contributed by atoms with Gasteiger partial charge in [0.1, 0.15) is 0 Å². The maximum Gasteiger partial charge on any atom is 0.193 e. The van der Waals surface area contributed by atoms with E-state index in [1.807, 2.05) is 60.7 Å². The molecule has 0 saturated carbocycles. The molecule has 0 aliphatic rings. The first-order valence-electron chi connectivity index (χ1n) is 4.53. The van der Waals surface area contributed by atoms with E-state index in [1.165, 1.54) is 0 Å².